The molecule has 0 aliphatic heterocycles. The lowest BCUT2D eigenvalue weighted by atomic mass is 9.80. The van der Waals surface area contributed by atoms with Gasteiger partial charge in [0, 0.05) is 6.54 Å². The monoisotopic (exact) mass is 570 g/mol. The molecule has 16 nitrogen and oxygen atoms in total. The second-order valence-corrected chi connectivity index (χ2v) is 9.22. The van der Waals surface area contributed by atoms with Crippen LogP contribution >= 0.6 is 0 Å². The van der Waals surface area contributed by atoms with E-state index in [1.807, 2.05) is 0 Å². The minimum atomic E-state index is -1.50. The summed E-state index contributed by atoms with van der Waals surface area (Å²) in [5, 5.41) is 36.2. The summed E-state index contributed by atoms with van der Waals surface area (Å²) in [5.74, 6) is 0.0621. The van der Waals surface area contributed by atoms with Crippen LogP contribution in [0.5, 0.6) is 0 Å². The van der Waals surface area contributed by atoms with Gasteiger partial charge in [-0.1, -0.05) is 48.5 Å². The zero-order valence-corrected chi connectivity index (χ0v) is 21.8. The molecule has 0 saturated carbocycles. The summed E-state index contributed by atoms with van der Waals surface area (Å²) in [4.78, 5) is 44.5. The third-order valence-corrected chi connectivity index (χ3v) is 6.26. The molecule has 10 N–H and O–H groups in total. The molecule has 42 heavy (non-hydrogen) atoms. The third-order valence-electron chi connectivity index (χ3n) is 6.26. The van der Waals surface area contributed by atoms with Gasteiger partial charge in [-0.25, -0.2) is 9.97 Å². The molecular weight excluding hydrogens is 546 g/mol. The number of imidazole rings is 2. The molecule has 0 fully saturated rings. The zero-order valence-electron chi connectivity index (χ0n) is 21.8. The summed E-state index contributed by atoms with van der Waals surface area (Å²) < 4.78 is 3.36. The molecule has 4 heterocycles. The third kappa shape index (κ3) is 6.05. The van der Waals surface area contributed by atoms with Crippen molar-refractivity contribution in [1.82, 2.24) is 39.0 Å². The lowest BCUT2D eigenvalue weighted by Gasteiger charge is -2.05. The summed E-state index contributed by atoms with van der Waals surface area (Å²) in [7, 11) is -2.99. The topological polar surface area (TPSA) is 260 Å². The number of fused-ring (bicyclic) bond motifs is 2. The molecule has 0 saturated heterocycles. The number of aromatic amines is 2. The molecule has 0 atom stereocenters. The average Bonchev–Trinajstić information content (AvgIpc) is 3.54. The largest absolute Gasteiger partial charge is 0.488 e. The second-order valence-electron chi connectivity index (χ2n) is 9.22. The van der Waals surface area contributed by atoms with Crippen molar-refractivity contribution in [2.75, 3.05) is 11.5 Å². The maximum absolute atomic E-state index is 11.9. The number of nitrogens with one attached hydrogen (secondary N) is 2. The molecule has 0 amide bonds. The van der Waals surface area contributed by atoms with E-state index < -0.39 is 14.2 Å². The van der Waals surface area contributed by atoms with Gasteiger partial charge in [-0.3, -0.25) is 19.6 Å². The van der Waals surface area contributed by atoms with E-state index in [9.17, 15) is 9.59 Å². The lowest BCUT2D eigenvalue weighted by Crippen LogP contribution is -2.29. The number of hydrogen-bond donors (Lipinski definition) is 8. The fourth-order valence-corrected chi connectivity index (χ4v) is 4.19. The molecule has 0 spiro atoms. The van der Waals surface area contributed by atoms with Crippen molar-refractivity contribution in [3.8, 4) is 0 Å². The van der Waals surface area contributed by atoms with Gasteiger partial charge in [0.2, 0.25) is 11.9 Å². The van der Waals surface area contributed by atoms with Crippen LogP contribution in [0.2, 0.25) is 0 Å². The van der Waals surface area contributed by atoms with Crippen LogP contribution in [0.3, 0.4) is 0 Å². The van der Waals surface area contributed by atoms with E-state index in [1.54, 1.807) is 57.7 Å². The Bertz CT molecular complexity index is 1970. The number of nitrogens with two attached hydrogens (primary N) is 2. The van der Waals surface area contributed by atoms with Gasteiger partial charge in [0.25, 0.3) is 11.1 Å². The van der Waals surface area contributed by atoms with E-state index in [0.29, 0.717) is 40.8 Å². The molecule has 6 aromatic rings. The van der Waals surface area contributed by atoms with Gasteiger partial charge in [-0.05, 0) is 22.1 Å². The molecule has 0 unspecified atom stereocenters. The number of rotatable bonds is 6. The summed E-state index contributed by atoms with van der Waals surface area (Å²) in [5.41, 5.74) is 14.1. The maximum Gasteiger partial charge on any atom is 0.488 e. The van der Waals surface area contributed by atoms with Crippen LogP contribution in [0.25, 0.3) is 22.3 Å². The van der Waals surface area contributed by atoms with Crippen LogP contribution in [-0.4, -0.2) is 73.4 Å². The van der Waals surface area contributed by atoms with Gasteiger partial charge in [-0.15, -0.1) is 0 Å². The first kappa shape index (κ1) is 28.2. The van der Waals surface area contributed by atoms with Gasteiger partial charge in [-0.2, -0.15) is 9.97 Å². The quantitative estimate of drug-likeness (QED) is 0.0925. The Morgan fingerprint density at radius 1 is 0.690 bits per heavy atom. The predicted octanol–water partition coefficient (Wildman–Crippen LogP) is -3.14. The molecule has 0 aliphatic rings. The molecule has 6 rings (SSSR count). The maximum atomic E-state index is 11.9. The van der Waals surface area contributed by atoms with Crippen molar-refractivity contribution in [3.63, 3.8) is 0 Å². The Kier molecular flexibility index (Phi) is 7.85. The van der Waals surface area contributed by atoms with Crippen molar-refractivity contribution in [1.29, 1.82) is 0 Å². The zero-order chi connectivity index (χ0) is 30.0. The number of nitrogens with zero attached hydrogens (tertiary/aromatic N) is 6. The Morgan fingerprint density at radius 3 is 1.76 bits per heavy atom. The van der Waals surface area contributed by atoms with Crippen molar-refractivity contribution < 1.29 is 20.1 Å². The standard InChI is InChI=1S/2C12H12BN5O3/c14-12-16-10-9(11(19)17-12)18(6-15-10)5-7-1-3-8(4-2-7)13(20)21;14-12-16-10-9(11(19)17-12)15-6-18(10)5-7-1-3-8(4-2-7)13(20)21/h2*1-4,6,20-21H,5H2,(H3,14,16,17,19). The van der Waals surface area contributed by atoms with Crippen molar-refractivity contribution >= 4 is 59.4 Å². The van der Waals surface area contributed by atoms with E-state index in [0.717, 1.165) is 11.1 Å². The fourth-order valence-electron chi connectivity index (χ4n) is 4.19. The summed E-state index contributed by atoms with van der Waals surface area (Å²) in [6.45, 7) is 0.848. The SMILES string of the molecule is Nc1nc2c(ncn2Cc2ccc(B(O)O)cc2)c(=O)[nH]1.Nc1nc2ncn(Cc3ccc(B(O)O)cc3)c2c(=O)[nH]1. The van der Waals surface area contributed by atoms with E-state index >= 15 is 0 Å². The van der Waals surface area contributed by atoms with Gasteiger partial charge in [0.15, 0.2) is 22.3 Å². The lowest BCUT2D eigenvalue weighted by molar-refractivity contribution is 0.424. The molecule has 2 aromatic carbocycles. The smallest absolute Gasteiger partial charge is 0.423 e. The highest BCUT2D eigenvalue weighted by Crippen LogP contribution is 2.11. The minimum absolute atomic E-state index is 0.0269. The highest BCUT2D eigenvalue weighted by molar-refractivity contribution is 6.58. The van der Waals surface area contributed by atoms with Gasteiger partial charge in [0.05, 0.1) is 19.2 Å². The molecule has 0 radical (unpaired) electrons. The van der Waals surface area contributed by atoms with Crippen LogP contribution < -0.4 is 33.5 Å². The summed E-state index contributed by atoms with van der Waals surface area (Å²) in [6, 6.07) is 13.5. The van der Waals surface area contributed by atoms with Crippen LogP contribution in [0.1, 0.15) is 11.1 Å². The molecule has 4 aromatic heterocycles. The highest BCUT2D eigenvalue weighted by atomic mass is 16.4. The molecule has 212 valence electrons. The van der Waals surface area contributed by atoms with Crippen LogP contribution in [0.15, 0.2) is 70.8 Å². The Morgan fingerprint density at radius 2 is 1.19 bits per heavy atom. The number of benzene rings is 2. The van der Waals surface area contributed by atoms with Crippen LogP contribution in [-0.2, 0) is 13.1 Å². The fraction of sp³-hybridized carbons (Fsp3) is 0.0833. The van der Waals surface area contributed by atoms with Crippen LogP contribution in [0.4, 0.5) is 11.9 Å². The molecular formula is C24H24B2N10O6. The first-order valence-corrected chi connectivity index (χ1v) is 12.4. The van der Waals surface area contributed by atoms with E-state index in [1.165, 1.54) is 12.7 Å². The number of hydrogen-bond acceptors (Lipinski definition) is 12. The number of nitrogen functional groups attached to an aromatic ring is 2. The number of H-pyrrole nitrogens is 2. The van der Waals surface area contributed by atoms with Crippen molar-refractivity contribution in [2.45, 2.75) is 13.1 Å². The average molecular weight is 570 g/mol. The first-order chi connectivity index (χ1) is 20.1. The van der Waals surface area contributed by atoms with Crippen molar-refractivity contribution in [3.05, 3.63) is 93.0 Å². The van der Waals surface area contributed by atoms with E-state index in [-0.39, 0.29) is 28.5 Å². The van der Waals surface area contributed by atoms with Gasteiger partial charge < -0.3 is 40.7 Å². The Balaban J connectivity index is 0.000000168. The summed E-state index contributed by atoms with van der Waals surface area (Å²) in [6.07, 6.45) is 3.03. The van der Waals surface area contributed by atoms with Crippen LogP contribution in [0, 0.1) is 0 Å². The molecule has 18 heteroatoms. The first-order valence-electron chi connectivity index (χ1n) is 12.4. The minimum Gasteiger partial charge on any atom is -0.423 e. The molecule has 0 bridgehead atoms. The van der Waals surface area contributed by atoms with E-state index in [2.05, 4.69) is 29.9 Å². The number of anilines is 2. The van der Waals surface area contributed by atoms with Gasteiger partial charge >= 0.3 is 14.2 Å². The Labute approximate surface area is 236 Å². The highest BCUT2D eigenvalue weighted by Gasteiger charge is 2.13. The van der Waals surface area contributed by atoms with Crippen molar-refractivity contribution in [2.24, 2.45) is 0 Å². The second kappa shape index (κ2) is 11.7. The predicted molar refractivity (Wildman–Crippen MR) is 156 cm³/mol. The normalized spacial score (nSPS) is 11.0. The van der Waals surface area contributed by atoms with E-state index in [4.69, 9.17) is 31.6 Å². The Hall–Kier alpha value is -5.29. The van der Waals surface area contributed by atoms with Gasteiger partial charge in [0.1, 0.15) is 0 Å². The number of aromatic nitrogens is 8. The summed E-state index contributed by atoms with van der Waals surface area (Å²) >= 11 is 0. The molecule has 0 aliphatic carbocycles.